The molecule has 0 fully saturated rings. The number of aromatic amines is 1. The van der Waals surface area contributed by atoms with Crippen molar-refractivity contribution in [2.75, 3.05) is 5.32 Å². The lowest BCUT2D eigenvalue weighted by Crippen LogP contribution is -2.28. The summed E-state index contributed by atoms with van der Waals surface area (Å²) in [4.78, 5) is 3.86. The number of hydrogen-bond acceptors (Lipinski definition) is 5. The number of nitrogens with one attached hydrogen (secondary N) is 2. The second-order valence-corrected chi connectivity index (χ2v) is 6.82. The molecular formula is C20H12F3N5O. The lowest BCUT2D eigenvalue weighted by molar-refractivity contribution is -0.00739. The molecule has 29 heavy (non-hydrogen) atoms. The second kappa shape index (κ2) is 6.10. The lowest BCUT2D eigenvalue weighted by atomic mass is 10.0. The molecule has 144 valence electrons. The molecule has 2 aromatic carbocycles. The van der Waals surface area contributed by atoms with Gasteiger partial charge in [-0.2, -0.15) is 10.4 Å². The van der Waals surface area contributed by atoms with Crippen molar-refractivity contribution in [2.24, 2.45) is 0 Å². The highest BCUT2D eigenvalue weighted by Crippen LogP contribution is 2.46. The van der Waals surface area contributed by atoms with E-state index in [2.05, 4.69) is 20.5 Å². The van der Waals surface area contributed by atoms with E-state index in [-0.39, 0.29) is 16.7 Å². The van der Waals surface area contributed by atoms with E-state index in [0.29, 0.717) is 28.0 Å². The number of benzene rings is 2. The molecule has 0 unspecified atom stereocenters. The van der Waals surface area contributed by atoms with E-state index in [9.17, 15) is 13.2 Å². The van der Waals surface area contributed by atoms with Crippen molar-refractivity contribution in [3.05, 3.63) is 65.4 Å². The van der Waals surface area contributed by atoms with Gasteiger partial charge in [-0.05, 0) is 29.8 Å². The summed E-state index contributed by atoms with van der Waals surface area (Å²) in [6.45, 7) is 0. The maximum Gasteiger partial charge on any atom is 0.276 e. The summed E-state index contributed by atoms with van der Waals surface area (Å²) < 4.78 is 49.1. The molecule has 1 aliphatic carbocycles. The van der Waals surface area contributed by atoms with Crippen molar-refractivity contribution >= 4 is 16.6 Å². The van der Waals surface area contributed by atoms with Gasteiger partial charge in [0.25, 0.3) is 5.92 Å². The monoisotopic (exact) mass is 395 g/mol. The molecule has 0 saturated heterocycles. The summed E-state index contributed by atoms with van der Waals surface area (Å²) >= 11 is 0. The van der Waals surface area contributed by atoms with Gasteiger partial charge < -0.3 is 9.73 Å². The van der Waals surface area contributed by atoms with Gasteiger partial charge in [0.2, 0.25) is 0 Å². The van der Waals surface area contributed by atoms with E-state index in [1.807, 2.05) is 0 Å². The largest absolute Gasteiger partial charge is 0.442 e. The molecule has 1 aliphatic rings. The second-order valence-electron chi connectivity index (χ2n) is 6.82. The highest BCUT2D eigenvalue weighted by Gasteiger charge is 2.49. The number of oxazole rings is 1. The molecular weight excluding hydrogens is 383 g/mol. The van der Waals surface area contributed by atoms with Gasteiger partial charge in [-0.3, -0.25) is 5.10 Å². The predicted octanol–water partition coefficient (Wildman–Crippen LogP) is 4.57. The van der Waals surface area contributed by atoms with E-state index in [4.69, 9.17) is 9.68 Å². The predicted molar refractivity (Wildman–Crippen MR) is 97.7 cm³/mol. The summed E-state index contributed by atoms with van der Waals surface area (Å²) in [6.07, 6.45) is 2.02. The first kappa shape index (κ1) is 17.3. The molecule has 0 aliphatic heterocycles. The molecule has 2 heterocycles. The van der Waals surface area contributed by atoms with Crippen LogP contribution in [0.25, 0.3) is 22.4 Å². The Kier molecular flexibility index (Phi) is 3.64. The first-order valence-electron chi connectivity index (χ1n) is 8.70. The van der Waals surface area contributed by atoms with Crippen LogP contribution >= 0.6 is 0 Å². The van der Waals surface area contributed by atoms with Crippen LogP contribution in [0.5, 0.6) is 0 Å². The number of anilines is 1. The fourth-order valence-corrected chi connectivity index (χ4v) is 3.71. The zero-order valence-electron chi connectivity index (χ0n) is 14.7. The number of hydrogen-bond donors (Lipinski definition) is 2. The van der Waals surface area contributed by atoms with Crippen LogP contribution in [0.2, 0.25) is 0 Å². The van der Waals surface area contributed by atoms with Crippen molar-refractivity contribution in [1.82, 2.24) is 15.2 Å². The SMILES string of the molecule is N#Cc1ccc2c(c1F)CC(F)(F)[C@@H]2Nc1ccc2[nH]nc(-c3cnco3)c2c1. The average Bonchev–Trinajstić information content (AvgIpc) is 3.41. The van der Waals surface area contributed by atoms with Crippen molar-refractivity contribution < 1.29 is 17.6 Å². The summed E-state index contributed by atoms with van der Waals surface area (Å²) in [5, 5.41) is 19.5. The van der Waals surface area contributed by atoms with Crippen molar-refractivity contribution in [1.29, 1.82) is 5.26 Å². The average molecular weight is 395 g/mol. The maximum atomic E-state index is 14.7. The number of nitrogens with zero attached hydrogens (tertiary/aromatic N) is 3. The normalized spacial score (nSPS) is 17.2. The van der Waals surface area contributed by atoms with Gasteiger partial charge in [0.15, 0.2) is 12.2 Å². The molecule has 0 amide bonds. The Morgan fingerprint density at radius 2 is 2.14 bits per heavy atom. The van der Waals surface area contributed by atoms with E-state index >= 15 is 0 Å². The Morgan fingerprint density at radius 3 is 2.90 bits per heavy atom. The quantitative estimate of drug-likeness (QED) is 0.530. The first-order valence-corrected chi connectivity index (χ1v) is 8.70. The Morgan fingerprint density at radius 1 is 1.28 bits per heavy atom. The number of fused-ring (bicyclic) bond motifs is 2. The number of aromatic nitrogens is 3. The fourth-order valence-electron chi connectivity index (χ4n) is 3.71. The van der Waals surface area contributed by atoms with Crippen molar-refractivity contribution in [2.45, 2.75) is 18.4 Å². The molecule has 1 atom stereocenters. The Hall–Kier alpha value is -3.80. The molecule has 2 aromatic heterocycles. The minimum Gasteiger partial charge on any atom is -0.442 e. The van der Waals surface area contributed by atoms with Gasteiger partial charge in [-0.25, -0.2) is 18.2 Å². The van der Waals surface area contributed by atoms with Crippen molar-refractivity contribution in [3.63, 3.8) is 0 Å². The molecule has 2 N–H and O–H groups in total. The smallest absolute Gasteiger partial charge is 0.276 e. The van der Waals surface area contributed by atoms with E-state index in [1.165, 1.54) is 24.7 Å². The number of rotatable bonds is 3. The van der Waals surface area contributed by atoms with Crippen LogP contribution < -0.4 is 5.32 Å². The zero-order valence-corrected chi connectivity index (χ0v) is 14.7. The molecule has 0 spiro atoms. The van der Waals surface area contributed by atoms with Crippen LogP contribution in [-0.4, -0.2) is 21.1 Å². The number of alkyl halides is 2. The van der Waals surface area contributed by atoms with Crippen LogP contribution in [0.4, 0.5) is 18.9 Å². The van der Waals surface area contributed by atoms with E-state index in [1.54, 1.807) is 24.3 Å². The summed E-state index contributed by atoms with van der Waals surface area (Å²) in [6, 6.07) is 7.89. The van der Waals surface area contributed by atoms with Gasteiger partial charge in [-0.15, -0.1) is 0 Å². The molecule has 9 heteroatoms. The highest BCUT2D eigenvalue weighted by molar-refractivity contribution is 5.93. The Balaban J connectivity index is 1.55. The minimum absolute atomic E-state index is 0.127. The zero-order chi connectivity index (χ0) is 20.2. The third kappa shape index (κ3) is 2.64. The third-order valence-corrected chi connectivity index (χ3v) is 5.09. The maximum absolute atomic E-state index is 14.7. The van der Waals surface area contributed by atoms with Gasteiger partial charge in [-0.1, -0.05) is 6.07 Å². The summed E-state index contributed by atoms with van der Waals surface area (Å²) in [5.74, 6) is -3.65. The Labute approximate surface area is 162 Å². The van der Waals surface area contributed by atoms with Gasteiger partial charge in [0, 0.05) is 23.1 Å². The fraction of sp³-hybridized carbons (Fsp3) is 0.150. The minimum atomic E-state index is -3.21. The first-order chi connectivity index (χ1) is 14.0. The molecule has 0 bridgehead atoms. The van der Waals surface area contributed by atoms with Crippen LogP contribution in [-0.2, 0) is 6.42 Å². The molecule has 5 rings (SSSR count). The number of halogens is 3. The van der Waals surface area contributed by atoms with Crippen LogP contribution in [0.15, 0.2) is 47.3 Å². The van der Waals surface area contributed by atoms with Crippen LogP contribution in [0.1, 0.15) is 22.7 Å². The molecule has 0 radical (unpaired) electrons. The Bertz CT molecular complexity index is 1270. The molecule has 0 saturated carbocycles. The summed E-state index contributed by atoms with van der Waals surface area (Å²) in [7, 11) is 0. The van der Waals surface area contributed by atoms with E-state index in [0.717, 1.165) is 0 Å². The highest BCUT2D eigenvalue weighted by atomic mass is 19.3. The van der Waals surface area contributed by atoms with Gasteiger partial charge in [0.1, 0.15) is 23.6 Å². The standard InChI is InChI=1S/C20H12F3N5O/c21-17-10(7-24)1-3-12-14(17)6-20(22,23)19(12)26-11-2-4-15-13(5-11)18(28-27-15)16-8-25-9-29-16/h1-5,8-9,19,26H,6H2,(H,27,28)/t19-/m1/s1. The van der Waals surface area contributed by atoms with Gasteiger partial charge in [0.05, 0.1) is 17.3 Å². The summed E-state index contributed by atoms with van der Waals surface area (Å²) in [5.41, 5.74) is 1.40. The molecule has 6 nitrogen and oxygen atoms in total. The lowest BCUT2D eigenvalue weighted by Gasteiger charge is -2.22. The van der Waals surface area contributed by atoms with Crippen molar-refractivity contribution in [3.8, 4) is 17.5 Å². The topological polar surface area (TPSA) is 90.5 Å². The number of H-pyrrole nitrogens is 1. The number of nitriles is 1. The van der Waals surface area contributed by atoms with Crippen LogP contribution in [0, 0.1) is 17.1 Å². The van der Waals surface area contributed by atoms with E-state index < -0.39 is 24.2 Å². The molecule has 4 aromatic rings. The third-order valence-electron chi connectivity index (χ3n) is 5.09. The van der Waals surface area contributed by atoms with Crippen LogP contribution in [0.3, 0.4) is 0 Å². The van der Waals surface area contributed by atoms with Gasteiger partial charge >= 0.3 is 0 Å².